The smallest absolute Gasteiger partial charge is 0.246 e. The Hall–Kier alpha value is -2.65. The number of carbonyl (C=O) groups is 2. The quantitative estimate of drug-likeness (QED) is 0.634. The first-order valence-electron chi connectivity index (χ1n) is 9.93. The number of Topliss-reactive ketones (excluding diaryl/α,β-unsaturated/α-hetero) is 1. The van der Waals surface area contributed by atoms with Crippen LogP contribution < -0.4 is 0 Å². The molecule has 0 saturated carbocycles. The van der Waals surface area contributed by atoms with Crippen molar-refractivity contribution in [1.82, 2.24) is 9.21 Å². The molecule has 0 aromatic heterocycles. The molecule has 0 bridgehead atoms. The predicted molar refractivity (Wildman–Crippen MR) is 111 cm³/mol. The Morgan fingerprint density at radius 3 is 2.26 bits per heavy atom. The molecule has 0 unspecified atom stereocenters. The Bertz CT molecular complexity index is 1110. The van der Waals surface area contributed by atoms with E-state index in [-0.39, 0.29) is 50.7 Å². The highest BCUT2D eigenvalue weighted by molar-refractivity contribution is 7.89. The Kier molecular flexibility index (Phi) is 6.86. The minimum absolute atomic E-state index is 0.00414. The molecule has 0 radical (unpaired) electrons. The van der Waals surface area contributed by atoms with E-state index < -0.39 is 26.6 Å². The van der Waals surface area contributed by atoms with Crippen LogP contribution in [0.2, 0.25) is 0 Å². The number of ketones is 1. The van der Waals surface area contributed by atoms with Gasteiger partial charge in [0.2, 0.25) is 15.9 Å². The highest BCUT2D eigenvalue weighted by Crippen LogP contribution is 2.22. The predicted octanol–water partition coefficient (Wildman–Crippen LogP) is 3.08. The van der Waals surface area contributed by atoms with E-state index in [1.165, 1.54) is 4.90 Å². The van der Waals surface area contributed by atoms with Crippen molar-refractivity contribution >= 4 is 21.7 Å². The molecule has 166 valence electrons. The second kappa shape index (κ2) is 9.23. The van der Waals surface area contributed by atoms with E-state index >= 15 is 0 Å². The van der Waals surface area contributed by atoms with Crippen molar-refractivity contribution in [3.8, 4) is 0 Å². The van der Waals surface area contributed by atoms with Crippen LogP contribution >= 0.6 is 0 Å². The fraction of sp³-hybridized carbons (Fsp3) is 0.364. The first-order valence-corrected chi connectivity index (χ1v) is 11.4. The average Bonchev–Trinajstić information content (AvgIpc) is 2.73. The molecule has 6 nitrogen and oxygen atoms in total. The van der Waals surface area contributed by atoms with Crippen LogP contribution in [-0.4, -0.2) is 55.5 Å². The summed E-state index contributed by atoms with van der Waals surface area (Å²) in [6, 6.07) is 7.91. The third-order valence-corrected chi connectivity index (χ3v) is 7.29. The van der Waals surface area contributed by atoms with Gasteiger partial charge in [-0.15, -0.1) is 0 Å². The van der Waals surface area contributed by atoms with Crippen molar-refractivity contribution in [2.24, 2.45) is 0 Å². The summed E-state index contributed by atoms with van der Waals surface area (Å²) in [5, 5.41) is 0. The van der Waals surface area contributed by atoms with Crippen molar-refractivity contribution in [2.45, 2.75) is 31.6 Å². The second-order valence-corrected chi connectivity index (χ2v) is 9.51. The van der Waals surface area contributed by atoms with Crippen molar-refractivity contribution in [1.29, 1.82) is 0 Å². The highest BCUT2D eigenvalue weighted by Gasteiger charge is 2.32. The highest BCUT2D eigenvalue weighted by atomic mass is 32.2. The molecular weight excluding hydrogens is 426 g/mol. The number of carbonyl (C=O) groups excluding carboxylic acids is 2. The van der Waals surface area contributed by atoms with E-state index in [1.54, 1.807) is 6.07 Å². The van der Waals surface area contributed by atoms with E-state index in [1.807, 2.05) is 26.0 Å². The number of rotatable bonds is 6. The van der Waals surface area contributed by atoms with Crippen molar-refractivity contribution in [3.63, 3.8) is 0 Å². The molecule has 1 aliphatic heterocycles. The zero-order valence-corrected chi connectivity index (χ0v) is 18.2. The monoisotopic (exact) mass is 450 g/mol. The number of halogens is 2. The van der Waals surface area contributed by atoms with Crippen LogP contribution in [0, 0.1) is 25.5 Å². The molecule has 1 amide bonds. The molecule has 1 saturated heterocycles. The fourth-order valence-electron chi connectivity index (χ4n) is 3.55. The van der Waals surface area contributed by atoms with Gasteiger partial charge in [0.05, 0.1) is 0 Å². The van der Waals surface area contributed by atoms with Crippen LogP contribution in [0.5, 0.6) is 0 Å². The molecule has 2 aromatic rings. The third kappa shape index (κ3) is 5.16. The Morgan fingerprint density at radius 1 is 0.935 bits per heavy atom. The lowest BCUT2D eigenvalue weighted by Crippen LogP contribution is -2.50. The number of hydrogen-bond acceptors (Lipinski definition) is 4. The SMILES string of the molecule is Cc1ccc(C)c(C(=O)CCC(=O)N2CCN(S(=O)(=O)c3ccc(F)cc3F)CC2)c1. The van der Waals surface area contributed by atoms with Crippen molar-refractivity contribution in [2.75, 3.05) is 26.2 Å². The molecule has 31 heavy (non-hydrogen) atoms. The molecule has 1 fully saturated rings. The Morgan fingerprint density at radius 2 is 1.61 bits per heavy atom. The summed E-state index contributed by atoms with van der Waals surface area (Å²) >= 11 is 0. The molecule has 9 heteroatoms. The van der Waals surface area contributed by atoms with Gasteiger partial charge in [-0.1, -0.05) is 17.7 Å². The minimum Gasteiger partial charge on any atom is -0.340 e. The summed E-state index contributed by atoms with van der Waals surface area (Å²) in [6.07, 6.45) is 0.105. The summed E-state index contributed by atoms with van der Waals surface area (Å²) in [6.45, 7) is 4.01. The maximum absolute atomic E-state index is 13.9. The standard InChI is InChI=1S/C22H24F2N2O4S/c1-15-3-4-16(2)18(13-15)20(27)6-8-22(28)25-9-11-26(12-10-25)31(29,30)21-7-5-17(23)14-19(21)24/h3-5,7,13-14H,6,8-12H2,1-2H3. The van der Waals surface area contributed by atoms with Gasteiger partial charge in [0.25, 0.3) is 0 Å². The number of hydrogen-bond donors (Lipinski definition) is 0. The molecule has 1 aliphatic rings. The Balaban J connectivity index is 1.57. The van der Waals surface area contributed by atoms with Crippen LogP contribution in [0.25, 0.3) is 0 Å². The molecule has 2 aromatic carbocycles. The number of piperazine rings is 1. The van der Waals surface area contributed by atoms with Gasteiger partial charge in [0, 0.05) is 50.7 Å². The second-order valence-electron chi connectivity index (χ2n) is 7.60. The summed E-state index contributed by atoms with van der Waals surface area (Å²) in [7, 11) is -4.13. The summed E-state index contributed by atoms with van der Waals surface area (Å²) in [4.78, 5) is 25.9. The van der Waals surface area contributed by atoms with E-state index in [2.05, 4.69) is 0 Å². The molecule has 0 aliphatic carbocycles. The van der Waals surface area contributed by atoms with Gasteiger partial charge in [0.1, 0.15) is 16.5 Å². The van der Waals surface area contributed by atoms with Gasteiger partial charge in [-0.05, 0) is 37.6 Å². The van der Waals surface area contributed by atoms with Crippen molar-refractivity contribution < 1.29 is 26.8 Å². The number of aryl methyl sites for hydroxylation is 2. The molecule has 3 rings (SSSR count). The first-order chi connectivity index (χ1) is 14.6. The van der Waals surface area contributed by atoms with E-state index in [0.29, 0.717) is 11.6 Å². The van der Waals surface area contributed by atoms with Gasteiger partial charge in [-0.25, -0.2) is 17.2 Å². The molecular formula is C22H24F2N2O4S. The van der Waals surface area contributed by atoms with Crippen LogP contribution in [0.15, 0.2) is 41.3 Å². The maximum Gasteiger partial charge on any atom is 0.246 e. The van der Waals surface area contributed by atoms with Gasteiger partial charge < -0.3 is 4.90 Å². The maximum atomic E-state index is 13.9. The number of sulfonamides is 1. The zero-order chi connectivity index (χ0) is 22.8. The van der Waals surface area contributed by atoms with Crippen LogP contribution in [0.1, 0.15) is 34.3 Å². The summed E-state index contributed by atoms with van der Waals surface area (Å²) in [5.74, 6) is -2.35. The number of benzene rings is 2. The largest absolute Gasteiger partial charge is 0.340 e. The lowest BCUT2D eigenvalue weighted by atomic mass is 9.99. The van der Waals surface area contributed by atoms with Gasteiger partial charge in [-0.3, -0.25) is 9.59 Å². The van der Waals surface area contributed by atoms with Gasteiger partial charge in [0.15, 0.2) is 5.78 Å². The lowest BCUT2D eigenvalue weighted by molar-refractivity contribution is -0.132. The average molecular weight is 451 g/mol. The van der Waals surface area contributed by atoms with E-state index in [0.717, 1.165) is 27.6 Å². The number of amides is 1. The van der Waals surface area contributed by atoms with E-state index in [9.17, 15) is 26.8 Å². The molecule has 0 N–H and O–H groups in total. The van der Waals surface area contributed by atoms with Crippen LogP contribution in [0.3, 0.4) is 0 Å². The first kappa shape index (κ1) is 23.0. The Labute approximate surface area is 180 Å². The van der Waals surface area contributed by atoms with Gasteiger partial charge >= 0.3 is 0 Å². The molecule has 0 spiro atoms. The summed E-state index contributed by atoms with van der Waals surface area (Å²) in [5.41, 5.74) is 2.43. The normalized spacial score (nSPS) is 15.2. The van der Waals surface area contributed by atoms with E-state index in [4.69, 9.17) is 0 Å². The van der Waals surface area contributed by atoms with Crippen molar-refractivity contribution in [3.05, 3.63) is 64.7 Å². The van der Waals surface area contributed by atoms with Crippen LogP contribution in [0.4, 0.5) is 8.78 Å². The number of nitrogens with zero attached hydrogens (tertiary/aromatic N) is 2. The van der Waals surface area contributed by atoms with Gasteiger partial charge in [-0.2, -0.15) is 4.31 Å². The lowest BCUT2D eigenvalue weighted by Gasteiger charge is -2.34. The third-order valence-electron chi connectivity index (χ3n) is 5.36. The fourth-order valence-corrected chi connectivity index (χ4v) is 5.02. The topological polar surface area (TPSA) is 74.8 Å². The molecule has 0 atom stereocenters. The van der Waals surface area contributed by atoms with Crippen LogP contribution in [-0.2, 0) is 14.8 Å². The zero-order valence-electron chi connectivity index (χ0n) is 17.4. The molecule has 1 heterocycles. The minimum atomic E-state index is -4.13. The summed E-state index contributed by atoms with van der Waals surface area (Å²) < 4.78 is 53.4.